The van der Waals surface area contributed by atoms with Crippen molar-refractivity contribution in [2.75, 3.05) is 6.61 Å². The van der Waals surface area contributed by atoms with Crippen molar-refractivity contribution in [1.29, 1.82) is 0 Å². The Hall–Kier alpha value is 0.310. The molecule has 0 aromatic carbocycles. The number of thiol groups is 1. The fourth-order valence-corrected chi connectivity index (χ4v) is 2.23. The SMILES string of the molecule is CC(C)COC(S)C1CCCCC1. The van der Waals surface area contributed by atoms with Gasteiger partial charge in [-0.15, -0.1) is 12.6 Å². The minimum absolute atomic E-state index is 0.183. The van der Waals surface area contributed by atoms with Crippen LogP contribution < -0.4 is 0 Å². The average Bonchev–Trinajstić information content (AvgIpc) is 2.15. The lowest BCUT2D eigenvalue weighted by molar-refractivity contribution is 0.0450. The Bertz CT molecular complexity index is 130. The van der Waals surface area contributed by atoms with Gasteiger partial charge < -0.3 is 4.74 Å². The molecule has 0 amide bonds. The molecule has 1 saturated carbocycles. The maximum Gasteiger partial charge on any atom is 0.103 e. The van der Waals surface area contributed by atoms with Crippen molar-refractivity contribution in [3.8, 4) is 0 Å². The third kappa shape index (κ3) is 4.37. The van der Waals surface area contributed by atoms with Gasteiger partial charge in [-0.25, -0.2) is 0 Å². The fraction of sp³-hybridized carbons (Fsp3) is 1.00. The van der Waals surface area contributed by atoms with Crippen LogP contribution in [-0.4, -0.2) is 12.0 Å². The lowest BCUT2D eigenvalue weighted by Crippen LogP contribution is -2.22. The lowest BCUT2D eigenvalue weighted by Gasteiger charge is -2.27. The molecule has 0 radical (unpaired) electrons. The molecule has 1 atom stereocenters. The van der Waals surface area contributed by atoms with Gasteiger partial charge in [-0.05, 0) is 24.7 Å². The first-order valence-corrected chi connectivity index (χ1v) is 6.01. The first-order chi connectivity index (χ1) is 6.20. The van der Waals surface area contributed by atoms with Crippen molar-refractivity contribution >= 4 is 12.6 Å². The minimum atomic E-state index is 0.183. The second-order valence-corrected chi connectivity index (χ2v) is 5.02. The van der Waals surface area contributed by atoms with Crippen molar-refractivity contribution in [3.63, 3.8) is 0 Å². The Morgan fingerprint density at radius 1 is 1.23 bits per heavy atom. The van der Waals surface area contributed by atoms with Gasteiger partial charge in [0.2, 0.25) is 0 Å². The van der Waals surface area contributed by atoms with Crippen LogP contribution in [0, 0.1) is 11.8 Å². The van der Waals surface area contributed by atoms with E-state index in [0.717, 1.165) is 6.61 Å². The summed E-state index contributed by atoms with van der Waals surface area (Å²) in [6.45, 7) is 5.22. The molecule has 1 aliphatic carbocycles. The predicted molar refractivity (Wildman–Crippen MR) is 60.1 cm³/mol. The van der Waals surface area contributed by atoms with Gasteiger partial charge in [0.1, 0.15) is 5.44 Å². The van der Waals surface area contributed by atoms with Crippen LogP contribution in [0.3, 0.4) is 0 Å². The molecule has 2 heteroatoms. The first kappa shape index (κ1) is 11.4. The van der Waals surface area contributed by atoms with Crippen molar-refractivity contribution in [2.45, 2.75) is 51.4 Å². The molecule has 0 aliphatic heterocycles. The molecule has 0 aromatic rings. The van der Waals surface area contributed by atoms with E-state index >= 15 is 0 Å². The Morgan fingerprint density at radius 2 is 1.85 bits per heavy atom. The summed E-state index contributed by atoms with van der Waals surface area (Å²) in [6.07, 6.45) is 6.76. The summed E-state index contributed by atoms with van der Waals surface area (Å²) in [5, 5.41) is 0. The molecule has 0 spiro atoms. The van der Waals surface area contributed by atoms with Gasteiger partial charge in [0, 0.05) is 0 Å². The standard InChI is InChI=1S/C11H22OS/c1-9(2)8-12-11(13)10-6-4-3-5-7-10/h9-11,13H,3-8H2,1-2H3. The van der Waals surface area contributed by atoms with E-state index in [4.69, 9.17) is 4.74 Å². The van der Waals surface area contributed by atoms with E-state index in [9.17, 15) is 0 Å². The second-order valence-electron chi connectivity index (χ2n) is 4.52. The molecule has 1 aliphatic rings. The zero-order valence-electron chi connectivity index (χ0n) is 8.83. The summed E-state index contributed by atoms with van der Waals surface area (Å²) in [5.41, 5.74) is 0.183. The zero-order chi connectivity index (χ0) is 9.68. The molecule has 0 N–H and O–H groups in total. The van der Waals surface area contributed by atoms with E-state index in [2.05, 4.69) is 26.5 Å². The molecule has 0 heterocycles. The fourth-order valence-electron chi connectivity index (χ4n) is 1.85. The van der Waals surface area contributed by atoms with Crippen LogP contribution in [0.15, 0.2) is 0 Å². The molecule has 1 nitrogen and oxygen atoms in total. The molecule has 78 valence electrons. The van der Waals surface area contributed by atoms with Gasteiger partial charge >= 0.3 is 0 Å². The third-order valence-electron chi connectivity index (χ3n) is 2.65. The summed E-state index contributed by atoms with van der Waals surface area (Å²) in [4.78, 5) is 0. The maximum atomic E-state index is 5.71. The van der Waals surface area contributed by atoms with Crippen LogP contribution in [0.1, 0.15) is 46.0 Å². The van der Waals surface area contributed by atoms with E-state index in [0.29, 0.717) is 11.8 Å². The molecule has 0 aromatic heterocycles. The molecular weight excluding hydrogens is 180 g/mol. The molecule has 0 bridgehead atoms. The first-order valence-electron chi connectivity index (χ1n) is 5.50. The van der Waals surface area contributed by atoms with Crippen molar-refractivity contribution in [2.24, 2.45) is 11.8 Å². The summed E-state index contributed by atoms with van der Waals surface area (Å²) >= 11 is 4.53. The van der Waals surface area contributed by atoms with Gasteiger partial charge in [0.05, 0.1) is 6.61 Å². The molecular formula is C11H22OS. The molecule has 1 unspecified atom stereocenters. The van der Waals surface area contributed by atoms with Crippen LogP contribution in [0.4, 0.5) is 0 Å². The summed E-state index contributed by atoms with van der Waals surface area (Å²) < 4.78 is 5.71. The Kier molecular flexibility index (Phi) is 5.18. The van der Waals surface area contributed by atoms with Gasteiger partial charge in [0.25, 0.3) is 0 Å². The molecule has 1 fully saturated rings. The van der Waals surface area contributed by atoms with Crippen LogP contribution >= 0.6 is 12.6 Å². The normalized spacial score (nSPS) is 22.2. The van der Waals surface area contributed by atoms with Crippen molar-refractivity contribution in [1.82, 2.24) is 0 Å². The monoisotopic (exact) mass is 202 g/mol. The Labute approximate surface area is 87.7 Å². The highest BCUT2D eigenvalue weighted by atomic mass is 32.1. The number of rotatable bonds is 4. The number of hydrogen-bond donors (Lipinski definition) is 1. The van der Waals surface area contributed by atoms with E-state index in [1.165, 1.54) is 32.1 Å². The van der Waals surface area contributed by atoms with Gasteiger partial charge in [0.15, 0.2) is 0 Å². The average molecular weight is 202 g/mol. The van der Waals surface area contributed by atoms with Crippen LogP contribution in [0.25, 0.3) is 0 Å². The van der Waals surface area contributed by atoms with Gasteiger partial charge in [-0.3, -0.25) is 0 Å². The van der Waals surface area contributed by atoms with E-state index in [1.807, 2.05) is 0 Å². The highest BCUT2D eigenvalue weighted by Gasteiger charge is 2.21. The number of ether oxygens (including phenoxy) is 1. The van der Waals surface area contributed by atoms with Crippen LogP contribution in [0.2, 0.25) is 0 Å². The largest absolute Gasteiger partial charge is 0.367 e. The second kappa shape index (κ2) is 5.92. The Balaban J connectivity index is 2.17. The van der Waals surface area contributed by atoms with E-state index in [1.54, 1.807) is 0 Å². The third-order valence-corrected chi connectivity index (χ3v) is 3.22. The quantitative estimate of drug-likeness (QED) is 0.542. The summed E-state index contributed by atoms with van der Waals surface area (Å²) in [7, 11) is 0. The van der Waals surface area contributed by atoms with Gasteiger partial charge in [-0.1, -0.05) is 33.1 Å². The van der Waals surface area contributed by atoms with Crippen LogP contribution in [0.5, 0.6) is 0 Å². The number of hydrogen-bond acceptors (Lipinski definition) is 2. The smallest absolute Gasteiger partial charge is 0.103 e. The van der Waals surface area contributed by atoms with E-state index in [-0.39, 0.29) is 5.44 Å². The van der Waals surface area contributed by atoms with Gasteiger partial charge in [-0.2, -0.15) is 0 Å². The highest BCUT2D eigenvalue weighted by Crippen LogP contribution is 2.29. The predicted octanol–water partition coefficient (Wildman–Crippen LogP) is 3.50. The lowest BCUT2D eigenvalue weighted by atomic mass is 9.90. The molecule has 1 rings (SSSR count). The Morgan fingerprint density at radius 3 is 2.38 bits per heavy atom. The highest BCUT2D eigenvalue weighted by molar-refractivity contribution is 7.80. The van der Waals surface area contributed by atoms with Crippen molar-refractivity contribution < 1.29 is 4.74 Å². The zero-order valence-corrected chi connectivity index (χ0v) is 9.72. The minimum Gasteiger partial charge on any atom is -0.367 e. The molecule has 13 heavy (non-hydrogen) atoms. The van der Waals surface area contributed by atoms with Crippen molar-refractivity contribution in [3.05, 3.63) is 0 Å². The molecule has 0 saturated heterocycles. The topological polar surface area (TPSA) is 9.23 Å². The van der Waals surface area contributed by atoms with Crippen LogP contribution in [-0.2, 0) is 4.74 Å². The summed E-state index contributed by atoms with van der Waals surface area (Å²) in [5.74, 6) is 1.33. The summed E-state index contributed by atoms with van der Waals surface area (Å²) in [6, 6.07) is 0. The maximum absolute atomic E-state index is 5.71. The van der Waals surface area contributed by atoms with E-state index < -0.39 is 0 Å².